The van der Waals surface area contributed by atoms with Crippen LogP contribution in [0.3, 0.4) is 0 Å². The summed E-state index contributed by atoms with van der Waals surface area (Å²) in [5, 5.41) is 0.492. The van der Waals surface area contributed by atoms with Crippen LogP contribution in [0.25, 0.3) is 0 Å². The van der Waals surface area contributed by atoms with Gasteiger partial charge in [-0.15, -0.1) is 0 Å². The minimum atomic E-state index is -3.60. The first kappa shape index (κ1) is 22.1. The number of fused-ring (bicyclic) bond motifs is 1. The Kier molecular flexibility index (Phi) is 6.64. The third kappa shape index (κ3) is 5.29. The lowest BCUT2D eigenvalue weighted by Gasteiger charge is -2.34. The molecule has 0 aromatic heterocycles. The van der Waals surface area contributed by atoms with Crippen molar-refractivity contribution < 1.29 is 27.5 Å². The second-order valence-corrected chi connectivity index (χ2v) is 9.02. The topological polar surface area (TPSA) is 102 Å². The molecule has 1 aliphatic rings. The summed E-state index contributed by atoms with van der Waals surface area (Å²) in [7, 11) is -2.36. The fraction of sp³-hybridized carbons (Fsp3) is 0.300. The summed E-state index contributed by atoms with van der Waals surface area (Å²) in [5.74, 6) is -0.617. The highest BCUT2D eigenvalue weighted by atomic mass is 35.5. The summed E-state index contributed by atoms with van der Waals surface area (Å²) in [4.78, 5) is 26.6. The van der Waals surface area contributed by atoms with E-state index in [2.05, 4.69) is 4.72 Å². The van der Waals surface area contributed by atoms with E-state index < -0.39 is 28.1 Å². The second-order valence-electron chi connectivity index (χ2n) is 6.80. The molecule has 10 heteroatoms. The molecule has 2 aromatic carbocycles. The average molecular weight is 453 g/mol. The molecule has 0 saturated carbocycles. The predicted octanol–water partition coefficient (Wildman–Crippen LogP) is 2.29. The molecule has 1 aliphatic heterocycles. The van der Waals surface area contributed by atoms with E-state index in [0.29, 0.717) is 22.0 Å². The van der Waals surface area contributed by atoms with E-state index in [1.165, 1.54) is 12.0 Å². The molecule has 1 heterocycles. The number of hydrogen-bond acceptors (Lipinski definition) is 6. The molecule has 0 fully saturated rings. The van der Waals surface area contributed by atoms with Crippen LogP contribution in [0.1, 0.15) is 18.0 Å². The third-order valence-corrected chi connectivity index (χ3v) is 5.51. The molecule has 1 amide bonds. The Labute approximate surface area is 179 Å². The van der Waals surface area contributed by atoms with Crippen LogP contribution >= 0.6 is 11.6 Å². The number of hydrogen-bond donors (Lipinski definition) is 1. The SMILES string of the molecule is COC(=O)[C@@H]1CN(C(=O)C[C@H](NS(C)(=O)=O)c2ccc(Cl)cc2)c2ccccc2O1. The van der Waals surface area contributed by atoms with Gasteiger partial charge in [0, 0.05) is 11.4 Å². The minimum Gasteiger partial charge on any atom is -0.475 e. The molecule has 3 rings (SSSR count). The summed E-state index contributed by atoms with van der Waals surface area (Å²) in [6.45, 7) is -0.0469. The van der Waals surface area contributed by atoms with Gasteiger partial charge in [0.15, 0.2) is 0 Å². The van der Waals surface area contributed by atoms with Crippen LogP contribution in [0.2, 0.25) is 5.02 Å². The summed E-state index contributed by atoms with van der Waals surface area (Å²) in [6.07, 6.45) is -0.125. The molecule has 160 valence electrons. The van der Waals surface area contributed by atoms with Crippen molar-refractivity contribution in [3.05, 3.63) is 59.1 Å². The number of rotatable bonds is 6. The molecule has 0 bridgehead atoms. The number of para-hydroxylation sites is 2. The van der Waals surface area contributed by atoms with Crippen molar-refractivity contribution in [2.24, 2.45) is 0 Å². The van der Waals surface area contributed by atoms with Crippen LogP contribution in [-0.4, -0.2) is 46.3 Å². The van der Waals surface area contributed by atoms with E-state index in [1.54, 1.807) is 48.5 Å². The Balaban J connectivity index is 1.90. The lowest BCUT2D eigenvalue weighted by Crippen LogP contribution is -2.48. The normalized spacial score (nSPS) is 16.9. The van der Waals surface area contributed by atoms with Crippen molar-refractivity contribution in [1.29, 1.82) is 0 Å². The molecule has 0 aliphatic carbocycles. The number of methoxy groups -OCH3 is 1. The minimum absolute atomic E-state index is 0.0469. The first-order chi connectivity index (χ1) is 14.2. The molecule has 1 N–H and O–H groups in total. The molecule has 8 nitrogen and oxygen atoms in total. The van der Waals surface area contributed by atoms with E-state index in [1.807, 2.05) is 0 Å². The smallest absolute Gasteiger partial charge is 0.348 e. The number of benzene rings is 2. The zero-order chi connectivity index (χ0) is 21.9. The van der Waals surface area contributed by atoms with E-state index in [-0.39, 0.29) is 18.9 Å². The Morgan fingerprint density at radius 3 is 2.53 bits per heavy atom. The van der Waals surface area contributed by atoms with Crippen LogP contribution in [0.5, 0.6) is 5.75 Å². The van der Waals surface area contributed by atoms with Crippen molar-refractivity contribution in [3.63, 3.8) is 0 Å². The molecule has 2 aromatic rings. The Morgan fingerprint density at radius 1 is 1.23 bits per heavy atom. The van der Waals surface area contributed by atoms with Crippen molar-refractivity contribution in [2.45, 2.75) is 18.6 Å². The predicted molar refractivity (Wildman–Crippen MR) is 112 cm³/mol. The summed E-state index contributed by atoms with van der Waals surface area (Å²) < 4.78 is 36.6. The quantitative estimate of drug-likeness (QED) is 0.675. The maximum absolute atomic E-state index is 13.2. The van der Waals surface area contributed by atoms with Gasteiger partial charge >= 0.3 is 5.97 Å². The van der Waals surface area contributed by atoms with Crippen molar-refractivity contribution >= 4 is 39.2 Å². The maximum Gasteiger partial charge on any atom is 0.348 e. The van der Waals surface area contributed by atoms with Crippen LogP contribution in [0.4, 0.5) is 5.69 Å². The highest BCUT2D eigenvalue weighted by Crippen LogP contribution is 2.34. The fourth-order valence-corrected chi connectivity index (χ4v) is 4.05. The molecular weight excluding hydrogens is 432 g/mol. The van der Waals surface area contributed by atoms with Crippen molar-refractivity contribution in [1.82, 2.24) is 4.72 Å². The van der Waals surface area contributed by atoms with Gasteiger partial charge < -0.3 is 14.4 Å². The first-order valence-electron chi connectivity index (χ1n) is 9.04. The van der Waals surface area contributed by atoms with E-state index >= 15 is 0 Å². The number of halogens is 1. The van der Waals surface area contributed by atoms with Gasteiger partial charge in [-0.3, -0.25) is 4.79 Å². The van der Waals surface area contributed by atoms with Gasteiger partial charge in [-0.05, 0) is 29.8 Å². The van der Waals surface area contributed by atoms with Crippen LogP contribution in [-0.2, 0) is 24.3 Å². The number of anilines is 1. The van der Waals surface area contributed by atoms with Gasteiger partial charge in [0.25, 0.3) is 0 Å². The van der Waals surface area contributed by atoms with Crippen molar-refractivity contribution in [3.8, 4) is 5.75 Å². The Morgan fingerprint density at radius 2 is 1.90 bits per heavy atom. The van der Waals surface area contributed by atoms with Gasteiger partial charge in [0.2, 0.25) is 22.0 Å². The highest BCUT2D eigenvalue weighted by molar-refractivity contribution is 7.88. The van der Waals surface area contributed by atoms with Gasteiger partial charge in [0.05, 0.1) is 31.6 Å². The molecule has 0 saturated heterocycles. The molecule has 2 atom stereocenters. The van der Waals surface area contributed by atoms with Crippen LogP contribution in [0, 0.1) is 0 Å². The van der Waals surface area contributed by atoms with E-state index in [9.17, 15) is 18.0 Å². The monoisotopic (exact) mass is 452 g/mol. The number of carbonyl (C=O) groups is 2. The number of nitrogens with zero attached hydrogens (tertiary/aromatic N) is 1. The first-order valence-corrected chi connectivity index (χ1v) is 11.3. The Hall–Kier alpha value is -2.62. The molecule has 0 spiro atoms. The number of esters is 1. The molecular formula is C20H21ClN2O6S. The second kappa shape index (κ2) is 9.03. The lowest BCUT2D eigenvalue weighted by atomic mass is 10.0. The lowest BCUT2D eigenvalue weighted by molar-refractivity contribution is -0.148. The van der Waals surface area contributed by atoms with Crippen LogP contribution < -0.4 is 14.4 Å². The molecule has 0 unspecified atom stereocenters. The van der Waals surface area contributed by atoms with Crippen molar-refractivity contribution in [2.75, 3.05) is 24.8 Å². The standard InChI is InChI=1S/C20H21ClN2O6S/c1-28-20(25)18-12-23(16-5-3-4-6-17(16)29-18)19(24)11-15(22-30(2,26)27)13-7-9-14(21)10-8-13/h3-10,15,18,22H,11-12H2,1-2H3/t15-,18-/m0/s1. The summed E-state index contributed by atoms with van der Waals surface area (Å²) in [6, 6.07) is 12.6. The number of carbonyl (C=O) groups excluding carboxylic acids is 2. The van der Waals surface area contributed by atoms with E-state index in [0.717, 1.165) is 6.26 Å². The Bertz CT molecular complexity index is 1040. The number of sulfonamides is 1. The zero-order valence-electron chi connectivity index (χ0n) is 16.4. The summed E-state index contributed by atoms with van der Waals surface area (Å²) in [5.41, 5.74) is 1.08. The fourth-order valence-electron chi connectivity index (χ4n) is 3.19. The van der Waals surface area contributed by atoms with Gasteiger partial charge in [-0.2, -0.15) is 0 Å². The average Bonchev–Trinajstić information content (AvgIpc) is 2.71. The molecule has 30 heavy (non-hydrogen) atoms. The maximum atomic E-state index is 13.2. The number of ether oxygens (including phenoxy) is 2. The number of nitrogens with one attached hydrogen (secondary N) is 1. The largest absolute Gasteiger partial charge is 0.475 e. The van der Waals surface area contributed by atoms with Crippen LogP contribution in [0.15, 0.2) is 48.5 Å². The molecule has 0 radical (unpaired) electrons. The van der Waals surface area contributed by atoms with E-state index in [4.69, 9.17) is 21.1 Å². The van der Waals surface area contributed by atoms with Gasteiger partial charge in [-0.1, -0.05) is 35.9 Å². The summed E-state index contributed by atoms with van der Waals surface area (Å²) >= 11 is 5.92. The van der Waals surface area contributed by atoms with Gasteiger partial charge in [-0.25, -0.2) is 17.9 Å². The highest BCUT2D eigenvalue weighted by Gasteiger charge is 2.35. The third-order valence-electron chi connectivity index (χ3n) is 4.55. The number of amides is 1. The zero-order valence-corrected chi connectivity index (χ0v) is 17.9. The van der Waals surface area contributed by atoms with Gasteiger partial charge in [0.1, 0.15) is 5.75 Å².